The highest BCUT2D eigenvalue weighted by Gasteiger charge is 2.21. The first-order valence-electron chi connectivity index (χ1n) is 6.42. The van der Waals surface area contributed by atoms with Crippen molar-refractivity contribution < 1.29 is 18.3 Å². The van der Waals surface area contributed by atoms with E-state index in [1.807, 2.05) is 13.8 Å². The van der Waals surface area contributed by atoms with Gasteiger partial charge in [-0.15, -0.1) is 0 Å². The van der Waals surface area contributed by atoms with Crippen molar-refractivity contribution in [1.29, 1.82) is 0 Å². The number of morpholine rings is 1. The Balaban J connectivity index is 2.05. The second kappa shape index (κ2) is 7.63. The van der Waals surface area contributed by atoms with Crippen LogP contribution in [0.4, 0.5) is 8.78 Å². The number of carbonyl (C=O) groups excluding carboxylic acids is 1. The average Bonchev–Trinajstić information content (AvgIpc) is 2.26. The quantitative estimate of drug-likeness (QED) is 0.734. The summed E-state index contributed by atoms with van der Waals surface area (Å²) in [6.45, 7) is 7.15. The third kappa shape index (κ3) is 5.73. The van der Waals surface area contributed by atoms with Crippen molar-refractivity contribution in [3.05, 3.63) is 0 Å². The Kier molecular flexibility index (Phi) is 6.49. The van der Waals surface area contributed by atoms with Gasteiger partial charge in [0.05, 0.1) is 12.2 Å². The van der Waals surface area contributed by atoms with E-state index in [1.165, 1.54) is 0 Å². The van der Waals surface area contributed by atoms with E-state index >= 15 is 0 Å². The number of rotatable bonds is 6. The molecule has 1 rings (SSSR count). The van der Waals surface area contributed by atoms with E-state index in [1.54, 1.807) is 0 Å². The molecule has 1 N–H and O–H groups in total. The molecule has 6 heteroatoms. The summed E-state index contributed by atoms with van der Waals surface area (Å²) < 4.78 is 29.4. The molecular weight excluding hydrogens is 242 g/mol. The number of hydrogen-bond donors (Lipinski definition) is 1. The number of hydrogen-bond acceptors (Lipinski definition) is 3. The molecule has 1 aliphatic rings. The second-order valence-electron chi connectivity index (χ2n) is 4.82. The number of carbonyl (C=O) groups is 1. The van der Waals surface area contributed by atoms with Crippen molar-refractivity contribution in [3.8, 4) is 0 Å². The van der Waals surface area contributed by atoms with E-state index in [9.17, 15) is 13.6 Å². The predicted octanol–water partition coefficient (Wildman–Crippen LogP) is 1.26. The molecule has 0 aromatic carbocycles. The van der Waals surface area contributed by atoms with E-state index in [2.05, 4.69) is 10.2 Å². The predicted molar refractivity (Wildman–Crippen MR) is 64.7 cm³/mol. The highest BCUT2D eigenvalue weighted by Crippen LogP contribution is 2.11. The Labute approximate surface area is 107 Å². The highest BCUT2D eigenvalue weighted by atomic mass is 19.3. The van der Waals surface area contributed by atoms with Crippen LogP contribution >= 0.6 is 0 Å². The van der Waals surface area contributed by atoms with Crippen LogP contribution in [0.1, 0.15) is 26.7 Å². The highest BCUT2D eigenvalue weighted by molar-refractivity contribution is 5.78. The summed E-state index contributed by atoms with van der Waals surface area (Å²) in [5.74, 6) is -1.18. The third-order valence-electron chi connectivity index (χ3n) is 2.89. The van der Waals surface area contributed by atoms with Gasteiger partial charge in [0, 0.05) is 19.6 Å². The zero-order chi connectivity index (χ0) is 13.5. The zero-order valence-corrected chi connectivity index (χ0v) is 11.0. The average molecular weight is 264 g/mol. The molecule has 1 fully saturated rings. The summed E-state index contributed by atoms with van der Waals surface area (Å²) in [4.78, 5) is 12.9. The molecule has 1 saturated heterocycles. The fraction of sp³-hybridized carbons (Fsp3) is 0.917. The number of amides is 1. The number of nitrogens with zero attached hydrogens (tertiary/aromatic N) is 1. The molecule has 0 radical (unpaired) electrons. The van der Waals surface area contributed by atoms with Gasteiger partial charge in [0.2, 0.25) is 0 Å². The van der Waals surface area contributed by atoms with Crippen molar-refractivity contribution in [3.63, 3.8) is 0 Å². The molecule has 1 aliphatic heterocycles. The van der Waals surface area contributed by atoms with Crippen molar-refractivity contribution in [2.45, 2.75) is 45.3 Å². The minimum absolute atomic E-state index is 0.243. The molecule has 0 aliphatic carbocycles. The van der Waals surface area contributed by atoms with Gasteiger partial charge in [0.1, 0.15) is 0 Å². The van der Waals surface area contributed by atoms with Crippen LogP contribution in [0.5, 0.6) is 0 Å². The molecule has 0 bridgehead atoms. The Morgan fingerprint density at radius 3 is 2.50 bits per heavy atom. The molecule has 0 aromatic heterocycles. The van der Waals surface area contributed by atoms with Crippen LogP contribution in [-0.2, 0) is 9.53 Å². The van der Waals surface area contributed by atoms with Crippen LogP contribution in [0.2, 0.25) is 0 Å². The summed E-state index contributed by atoms with van der Waals surface area (Å²) in [6, 6.07) is 0. The Morgan fingerprint density at radius 1 is 1.33 bits per heavy atom. The van der Waals surface area contributed by atoms with Crippen LogP contribution in [0.3, 0.4) is 0 Å². The van der Waals surface area contributed by atoms with Gasteiger partial charge in [-0.1, -0.05) is 0 Å². The molecular formula is C12H22F2N2O2. The second-order valence-corrected chi connectivity index (χ2v) is 4.82. The lowest BCUT2D eigenvalue weighted by atomic mass is 10.2. The molecule has 0 spiro atoms. The molecule has 0 unspecified atom stereocenters. The maximum Gasteiger partial charge on any atom is 0.315 e. The lowest BCUT2D eigenvalue weighted by molar-refractivity contribution is -0.131. The number of halogens is 2. The lowest BCUT2D eigenvalue weighted by Crippen LogP contribution is -2.45. The minimum atomic E-state index is -2.91. The smallest absolute Gasteiger partial charge is 0.315 e. The van der Waals surface area contributed by atoms with Gasteiger partial charge < -0.3 is 10.1 Å². The van der Waals surface area contributed by atoms with Gasteiger partial charge in [0.15, 0.2) is 0 Å². The third-order valence-corrected chi connectivity index (χ3v) is 2.89. The lowest BCUT2D eigenvalue weighted by Gasteiger charge is -2.35. The summed E-state index contributed by atoms with van der Waals surface area (Å²) in [7, 11) is 0. The van der Waals surface area contributed by atoms with Crippen LogP contribution in [0.25, 0.3) is 0 Å². The summed E-state index contributed by atoms with van der Waals surface area (Å²) >= 11 is 0. The Hall–Kier alpha value is -0.750. The van der Waals surface area contributed by atoms with Crippen LogP contribution < -0.4 is 5.32 Å². The normalized spacial score (nSPS) is 25.4. The molecule has 0 aromatic rings. The molecule has 1 heterocycles. The first-order valence-corrected chi connectivity index (χ1v) is 6.42. The standard InChI is InChI=1S/C12H22F2N2O2/c1-9-7-16(8-10(2)18-9)6-4-3-5-15-12(17)11(13)14/h9-11H,3-8H2,1-2H3,(H,15,17)/t9-,10+. The Bertz CT molecular complexity index is 254. The number of unbranched alkanes of at least 4 members (excludes halogenated alkanes) is 1. The van der Waals surface area contributed by atoms with Gasteiger partial charge in [-0.05, 0) is 33.2 Å². The van der Waals surface area contributed by atoms with E-state index in [-0.39, 0.29) is 12.2 Å². The monoisotopic (exact) mass is 264 g/mol. The Morgan fingerprint density at radius 2 is 1.94 bits per heavy atom. The molecule has 1 amide bonds. The zero-order valence-electron chi connectivity index (χ0n) is 11.0. The minimum Gasteiger partial charge on any atom is -0.373 e. The number of alkyl halides is 2. The van der Waals surface area contributed by atoms with Crippen LogP contribution in [0.15, 0.2) is 0 Å². The fourth-order valence-electron chi connectivity index (χ4n) is 2.22. The van der Waals surface area contributed by atoms with E-state index in [0.29, 0.717) is 6.54 Å². The van der Waals surface area contributed by atoms with Gasteiger partial charge in [0.25, 0.3) is 5.91 Å². The van der Waals surface area contributed by atoms with Gasteiger partial charge in [-0.25, -0.2) is 0 Å². The van der Waals surface area contributed by atoms with E-state index in [0.717, 1.165) is 32.5 Å². The maximum absolute atomic E-state index is 11.9. The van der Waals surface area contributed by atoms with Crippen molar-refractivity contribution in [2.24, 2.45) is 0 Å². The maximum atomic E-state index is 11.9. The largest absolute Gasteiger partial charge is 0.373 e. The molecule has 0 saturated carbocycles. The molecule has 106 valence electrons. The fourth-order valence-corrected chi connectivity index (χ4v) is 2.22. The number of ether oxygens (including phenoxy) is 1. The SMILES string of the molecule is C[C@@H]1CN(CCCCNC(=O)C(F)F)C[C@H](C)O1. The summed E-state index contributed by atoms with van der Waals surface area (Å²) in [5, 5.41) is 2.21. The first kappa shape index (κ1) is 15.3. The molecule has 4 nitrogen and oxygen atoms in total. The first-order chi connectivity index (χ1) is 8.49. The molecule has 2 atom stereocenters. The van der Waals surface area contributed by atoms with Gasteiger partial charge in [-0.3, -0.25) is 9.69 Å². The summed E-state index contributed by atoms with van der Waals surface area (Å²) in [6.07, 6.45) is -0.813. The van der Waals surface area contributed by atoms with Gasteiger partial charge in [-0.2, -0.15) is 8.78 Å². The molecule has 18 heavy (non-hydrogen) atoms. The van der Waals surface area contributed by atoms with E-state index in [4.69, 9.17) is 4.74 Å². The van der Waals surface area contributed by atoms with Crippen molar-refractivity contribution in [2.75, 3.05) is 26.2 Å². The van der Waals surface area contributed by atoms with Crippen LogP contribution in [-0.4, -0.2) is 55.6 Å². The number of nitrogens with one attached hydrogen (secondary N) is 1. The van der Waals surface area contributed by atoms with Crippen molar-refractivity contribution >= 4 is 5.91 Å². The van der Waals surface area contributed by atoms with Gasteiger partial charge >= 0.3 is 6.43 Å². The van der Waals surface area contributed by atoms with Crippen molar-refractivity contribution in [1.82, 2.24) is 10.2 Å². The topological polar surface area (TPSA) is 41.6 Å². The van der Waals surface area contributed by atoms with Crippen LogP contribution in [0, 0.1) is 0 Å². The summed E-state index contributed by atoms with van der Waals surface area (Å²) in [5.41, 5.74) is 0. The van der Waals surface area contributed by atoms with E-state index < -0.39 is 12.3 Å².